The Morgan fingerprint density at radius 2 is 1.69 bits per heavy atom. The number of sulfonamides is 1. The van der Waals surface area contributed by atoms with Gasteiger partial charge in [-0.15, -0.1) is 0 Å². The van der Waals surface area contributed by atoms with Crippen LogP contribution < -0.4 is 4.72 Å². The lowest BCUT2D eigenvalue weighted by Gasteiger charge is -2.12. The predicted octanol–water partition coefficient (Wildman–Crippen LogP) is 2.19. The second-order valence-corrected chi connectivity index (χ2v) is 7.01. The molecule has 0 aliphatic heterocycles. The highest BCUT2D eigenvalue weighted by Crippen LogP contribution is 2.12. The van der Waals surface area contributed by atoms with E-state index in [2.05, 4.69) is 0 Å². The fraction of sp³-hybridized carbons (Fsp3) is 0.111. The lowest BCUT2D eigenvalue weighted by Crippen LogP contribution is -2.39. The van der Waals surface area contributed by atoms with Gasteiger partial charge in [0.2, 0.25) is 5.91 Å². The minimum atomic E-state index is -4.16. The molecule has 0 saturated heterocycles. The third kappa shape index (κ3) is 5.82. The van der Waals surface area contributed by atoms with Gasteiger partial charge in [-0.3, -0.25) is 9.59 Å². The Morgan fingerprint density at radius 3 is 2.27 bits per heavy atom. The van der Waals surface area contributed by atoms with Gasteiger partial charge in [0.05, 0.1) is 5.41 Å². The molecule has 0 bridgehead atoms. The first-order chi connectivity index (χ1) is 12.3. The number of amides is 1. The van der Waals surface area contributed by atoms with E-state index in [9.17, 15) is 27.5 Å². The topological polar surface area (TPSA) is 101 Å². The summed E-state index contributed by atoms with van der Waals surface area (Å²) in [7, 11) is -4.16. The van der Waals surface area contributed by atoms with E-state index in [4.69, 9.17) is 0 Å². The lowest BCUT2D eigenvalue weighted by atomic mass is 9.99. The predicted molar refractivity (Wildman–Crippen MR) is 93.8 cm³/mol. The van der Waals surface area contributed by atoms with E-state index in [1.165, 1.54) is 18.2 Å². The normalized spacial score (nSPS) is 12.7. The van der Waals surface area contributed by atoms with Crippen molar-refractivity contribution in [3.8, 4) is 0 Å². The third-order valence-corrected chi connectivity index (χ3v) is 4.43. The molecule has 0 radical (unpaired) electrons. The van der Waals surface area contributed by atoms with E-state index in [0.29, 0.717) is 11.1 Å². The number of halogens is 1. The van der Waals surface area contributed by atoms with Gasteiger partial charge in [0.15, 0.2) is 0 Å². The molecule has 0 aromatic heterocycles. The van der Waals surface area contributed by atoms with Gasteiger partial charge in [0.1, 0.15) is 11.7 Å². The highest BCUT2D eigenvalue weighted by atomic mass is 32.2. The molecule has 1 atom stereocenters. The molecular formula is C18H16FNO5S. The summed E-state index contributed by atoms with van der Waals surface area (Å²) in [6, 6.07) is 13.5. The summed E-state index contributed by atoms with van der Waals surface area (Å²) in [5.74, 6) is -4.77. The van der Waals surface area contributed by atoms with Gasteiger partial charge in [-0.1, -0.05) is 42.5 Å². The maximum atomic E-state index is 12.9. The van der Waals surface area contributed by atoms with Crippen molar-refractivity contribution < 1.29 is 27.5 Å². The average Bonchev–Trinajstić information content (AvgIpc) is 2.59. The summed E-state index contributed by atoms with van der Waals surface area (Å²) >= 11 is 0. The number of hydrogen-bond donors (Lipinski definition) is 2. The molecule has 2 N–H and O–H groups in total. The SMILES string of the molecule is O=C(O)C(Cc1ccc(F)cc1)C(=O)NS(=O)(=O)C=Cc1ccccc1. The number of carbonyl (C=O) groups is 2. The van der Waals surface area contributed by atoms with Gasteiger partial charge < -0.3 is 5.11 Å². The maximum Gasteiger partial charge on any atom is 0.316 e. The van der Waals surface area contributed by atoms with E-state index in [-0.39, 0.29) is 6.42 Å². The van der Waals surface area contributed by atoms with Crippen LogP contribution in [0.3, 0.4) is 0 Å². The molecule has 1 unspecified atom stereocenters. The molecule has 6 nitrogen and oxygen atoms in total. The summed E-state index contributed by atoms with van der Waals surface area (Å²) in [6.45, 7) is 0. The monoisotopic (exact) mass is 377 g/mol. The fourth-order valence-electron chi connectivity index (χ4n) is 2.13. The van der Waals surface area contributed by atoms with Crippen LogP contribution in [0.15, 0.2) is 60.0 Å². The molecule has 1 amide bonds. The molecule has 0 spiro atoms. The highest BCUT2D eigenvalue weighted by Gasteiger charge is 2.29. The van der Waals surface area contributed by atoms with Crippen molar-refractivity contribution in [2.45, 2.75) is 6.42 Å². The van der Waals surface area contributed by atoms with E-state index in [0.717, 1.165) is 17.5 Å². The zero-order valence-corrected chi connectivity index (χ0v) is 14.3. The number of carboxylic acids is 1. The van der Waals surface area contributed by atoms with Crippen molar-refractivity contribution in [1.82, 2.24) is 4.72 Å². The molecule has 0 aliphatic carbocycles. The van der Waals surface area contributed by atoms with Crippen LogP contribution in [-0.4, -0.2) is 25.4 Å². The van der Waals surface area contributed by atoms with E-state index < -0.39 is 33.6 Å². The maximum absolute atomic E-state index is 12.9. The average molecular weight is 377 g/mol. The number of benzene rings is 2. The van der Waals surface area contributed by atoms with Crippen molar-refractivity contribution in [2.75, 3.05) is 0 Å². The van der Waals surface area contributed by atoms with Crippen molar-refractivity contribution in [3.63, 3.8) is 0 Å². The van der Waals surface area contributed by atoms with Crippen LogP contribution in [-0.2, 0) is 26.0 Å². The van der Waals surface area contributed by atoms with Crippen LogP contribution in [0.5, 0.6) is 0 Å². The Bertz CT molecular complexity index is 908. The second-order valence-electron chi connectivity index (χ2n) is 5.45. The summed E-state index contributed by atoms with van der Waals surface area (Å²) < 4.78 is 38.6. The van der Waals surface area contributed by atoms with Gasteiger partial charge in [0.25, 0.3) is 10.0 Å². The first-order valence-corrected chi connectivity index (χ1v) is 9.08. The zero-order chi connectivity index (χ0) is 19.2. The number of carbonyl (C=O) groups excluding carboxylic acids is 1. The number of aliphatic carboxylic acids is 1. The van der Waals surface area contributed by atoms with E-state index in [1.54, 1.807) is 35.1 Å². The van der Waals surface area contributed by atoms with Gasteiger partial charge in [0, 0.05) is 0 Å². The van der Waals surface area contributed by atoms with E-state index >= 15 is 0 Å². The first-order valence-electron chi connectivity index (χ1n) is 7.54. The van der Waals surface area contributed by atoms with Crippen LogP contribution in [0.2, 0.25) is 0 Å². The number of hydrogen-bond acceptors (Lipinski definition) is 4. The number of carboxylic acid groups (broad SMARTS) is 1. The smallest absolute Gasteiger partial charge is 0.316 e. The van der Waals surface area contributed by atoms with Crippen LogP contribution >= 0.6 is 0 Å². The zero-order valence-electron chi connectivity index (χ0n) is 13.5. The number of rotatable bonds is 7. The van der Waals surface area contributed by atoms with Crippen LogP contribution in [0.25, 0.3) is 6.08 Å². The molecule has 2 aromatic rings. The van der Waals surface area contributed by atoms with Crippen molar-refractivity contribution in [2.24, 2.45) is 5.92 Å². The molecule has 8 heteroatoms. The van der Waals surface area contributed by atoms with Crippen LogP contribution in [0, 0.1) is 11.7 Å². The molecule has 0 saturated carbocycles. The molecule has 136 valence electrons. The van der Waals surface area contributed by atoms with Crippen molar-refractivity contribution in [3.05, 3.63) is 76.9 Å². The van der Waals surface area contributed by atoms with Crippen LogP contribution in [0.1, 0.15) is 11.1 Å². The number of nitrogens with one attached hydrogen (secondary N) is 1. The Hall–Kier alpha value is -3.00. The molecule has 0 aliphatic rings. The standard InChI is InChI=1S/C18H16FNO5S/c19-15-8-6-14(7-9-15)12-16(18(22)23)17(21)20-26(24,25)11-10-13-4-2-1-3-5-13/h1-11,16H,12H2,(H,20,21)(H,22,23). The fourth-order valence-corrected chi connectivity index (χ4v) is 2.95. The summed E-state index contributed by atoms with van der Waals surface area (Å²) in [4.78, 5) is 23.4. The highest BCUT2D eigenvalue weighted by molar-refractivity contribution is 7.93. The largest absolute Gasteiger partial charge is 0.481 e. The molecule has 2 rings (SSSR count). The lowest BCUT2D eigenvalue weighted by molar-refractivity contribution is -0.146. The Balaban J connectivity index is 2.09. The van der Waals surface area contributed by atoms with Crippen molar-refractivity contribution in [1.29, 1.82) is 0 Å². The minimum Gasteiger partial charge on any atom is -0.481 e. The molecule has 2 aromatic carbocycles. The summed E-state index contributed by atoms with van der Waals surface area (Å²) in [5, 5.41) is 10.0. The third-order valence-electron chi connectivity index (χ3n) is 3.45. The summed E-state index contributed by atoms with van der Waals surface area (Å²) in [6.07, 6.45) is 1.02. The minimum absolute atomic E-state index is 0.265. The van der Waals surface area contributed by atoms with Gasteiger partial charge in [-0.05, 0) is 35.8 Å². The second kappa shape index (κ2) is 8.39. The van der Waals surface area contributed by atoms with Crippen LogP contribution in [0.4, 0.5) is 4.39 Å². The molecular weight excluding hydrogens is 361 g/mol. The van der Waals surface area contributed by atoms with Gasteiger partial charge in [-0.25, -0.2) is 17.5 Å². The Labute approximate surface area is 150 Å². The molecule has 26 heavy (non-hydrogen) atoms. The molecule has 0 fully saturated rings. The first kappa shape index (κ1) is 19.3. The van der Waals surface area contributed by atoms with Crippen molar-refractivity contribution >= 4 is 28.0 Å². The van der Waals surface area contributed by atoms with Gasteiger partial charge >= 0.3 is 5.97 Å². The molecule has 0 heterocycles. The van der Waals surface area contributed by atoms with Gasteiger partial charge in [-0.2, -0.15) is 0 Å². The Kier molecular flexibility index (Phi) is 6.24. The van der Waals surface area contributed by atoms with E-state index in [1.807, 2.05) is 0 Å². The Morgan fingerprint density at radius 1 is 1.08 bits per heavy atom. The quantitative estimate of drug-likeness (QED) is 0.721. The summed E-state index contributed by atoms with van der Waals surface area (Å²) in [5.41, 5.74) is 0.998.